The molecule has 2 amide bonds. The molecule has 0 aliphatic carbocycles. The molecule has 1 atom stereocenters. The second-order valence-electron chi connectivity index (χ2n) is 6.39. The van der Waals surface area contributed by atoms with E-state index in [1.807, 2.05) is 19.1 Å². The second-order valence-corrected chi connectivity index (χ2v) is 6.83. The van der Waals surface area contributed by atoms with Crippen LogP contribution in [0.1, 0.15) is 18.5 Å². The number of nitrogens with one attached hydrogen (secondary N) is 2. The van der Waals surface area contributed by atoms with E-state index in [0.29, 0.717) is 22.0 Å². The fourth-order valence-electron chi connectivity index (χ4n) is 2.90. The Morgan fingerprint density at radius 1 is 1.14 bits per heavy atom. The van der Waals surface area contributed by atoms with Crippen LogP contribution in [0.25, 0.3) is 16.6 Å². The minimum Gasteiger partial charge on any atom is -0.331 e. The first-order chi connectivity index (χ1) is 14.0. The molecule has 0 aliphatic rings. The van der Waals surface area contributed by atoms with Crippen LogP contribution in [0.4, 0.5) is 15.0 Å². The van der Waals surface area contributed by atoms with Gasteiger partial charge in [0.05, 0.1) is 23.4 Å². The third-order valence-corrected chi connectivity index (χ3v) is 4.62. The maximum atomic E-state index is 13.5. The monoisotopic (exact) mass is 410 g/mol. The average molecular weight is 411 g/mol. The van der Waals surface area contributed by atoms with Crippen LogP contribution in [-0.4, -0.2) is 25.8 Å². The number of aromatic nitrogens is 4. The summed E-state index contributed by atoms with van der Waals surface area (Å²) >= 11 is 5.89. The van der Waals surface area contributed by atoms with Crippen LogP contribution < -0.4 is 10.6 Å². The first-order valence-corrected chi connectivity index (χ1v) is 9.16. The number of rotatable bonds is 4. The average Bonchev–Trinajstić information content (AvgIpc) is 3.11. The number of hydrogen-bond donors (Lipinski definition) is 2. The lowest BCUT2D eigenvalue weighted by Gasteiger charge is -2.15. The van der Waals surface area contributed by atoms with Crippen LogP contribution in [-0.2, 0) is 0 Å². The topological polar surface area (TPSA) is 84.7 Å². The molecule has 0 saturated carbocycles. The molecular formula is C20H16ClFN6O. The van der Waals surface area contributed by atoms with E-state index < -0.39 is 12.0 Å². The first kappa shape index (κ1) is 18.8. The van der Waals surface area contributed by atoms with Crippen LogP contribution in [0, 0.1) is 5.95 Å². The number of urea groups is 1. The van der Waals surface area contributed by atoms with Crippen LogP contribution in [0.15, 0.2) is 61.1 Å². The van der Waals surface area contributed by atoms with Gasteiger partial charge >= 0.3 is 6.03 Å². The van der Waals surface area contributed by atoms with Gasteiger partial charge in [0.25, 0.3) is 0 Å². The smallest absolute Gasteiger partial charge is 0.320 e. The molecule has 9 heteroatoms. The van der Waals surface area contributed by atoms with Crippen LogP contribution in [0.5, 0.6) is 0 Å². The molecule has 2 N–H and O–H groups in total. The molecule has 3 heterocycles. The predicted molar refractivity (Wildman–Crippen MR) is 109 cm³/mol. The molecule has 0 bridgehead atoms. The highest BCUT2D eigenvalue weighted by Gasteiger charge is 2.12. The summed E-state index contributed by atoms with van der Waals surface area (Å²) in [5, 5.41) is 11.2. The van der Waals surface area contributed by atoms with Crippen LogP contribution in [0.3, 0.4) is 0 Å². The zero-order valence-corrected chi connectivity index (χ0v) is 16.1. The molecule has 4 rings (SSSR count). The highest BCUT2D eigenvalue weighted by molar-refractivity contribution is 6.30. The van der Waals surface area contributed by atoms with E-state index in [0.717, 1.165) is 10.9 Å². The lowest BCUT2D eigenvalue weighted by Crippen LogP contribution is -2.31. The highest BCUT2D eigenvalue weighted by atomic mass is 35.5. The summed E-state index contributed by atoms with van der Waals surface area (Å²) < 4.78 is 15.0. The molecule has 0 saturated heterocycles. The number of carbonyl (C=O) groups is 1. The van der Waals surface area contributed by atoms with E-state index >= 15 is 0 Å². The highest BCUT2D eigenvalue weighted by Crippen LogP contribution is 2.21. The summed E-state index contributed by atoms with van der Waals surface area (Å²) in [6.07, 6.45) is 4.58. The Balaban J connectivity index is 1.53. The van der Waals surface area contributed by atoms with Gasteiger partial charge in [-0.1, -0.05) is 23.7 Å². The minimum absolute atomic E-state index is 0.221. The standard InChI is InChI=1S/C20H16ClFN6O/c1-12(13-2-4-15(21)5-3-13)26-20(29)27-19-9-17-14(10-24-19)11-25-28(17)16-6-7-23-18(22)8-16/h2-12H,1H3,(H2,24,26,27,29)/t12-/m1/s1. The third-order valence-electron chi connectivity index (χ3n) is 4.37. The summed E-state index contributed by atoms with van der Waals surface area (Å²) in [6, 6.07) is 11.2. The Morgan fingerprint density at radius 3 is 2.69 bits per heavy atom. The Bertz CT molecular complexity index is 1180. The summed E-state index contributed by atoms with van der Waals surface area (Å²) in [6.45, 7) is 1.87. The Labute approximate surface area is 170 Å². The fraction of sp³-hybridized carbons (Fsp3) is 0.100. The van der Waals surface area contributed by atoms with E-state index in [-0.39, 0.29) is 6.04 Å². The van der Waals surface area contributed by atoms with Crippen molar-refractivity contribution >= 4 is 34.4 Å². The Hall–Kier alpha value is -3.52. The summed E-state index contributed by atoms with van der Waals surface area (Å²) in [5.74, 6) is -0.260. The molecule has 0 aliphatic heterocycles. The van der Waals surface area contributed by atoms with E-state index in [1.165, 1.54) is 12.3 Å². The van der Waals surface area contributed by atoms with Gasteiger partial charge in [-0.05, 0) is 30.7 Å². The number of fused-ring (bicyclic) bond motifs is 1. The molecule has 1 aromatic carbocycles. The molecule has 0 spiro atoms. The van der Waals surface area contributed by atoms with Gasteiger partial charge in [0.1, 0.15) is 5.82 Å². The number of halogens is 2. The van der Waals surface area contributed by atoms with Gasteiger partial charge in [0.15, 0.2) is 0 Å². The van der Waals surface area contributed by atoms with Crippen molar-refractivity contribution in [3.05, 3.63) is 77.6 Å². The van der Waals surface area contributed by atoms with Gasteiger partial charge in [-0.3, -0.25) is 5.32 Å². The number of amides is 2. The zero-order valence-electron chi connectivity index (χ0n) is 15.3. The zero-order chi connectivity index (χ0) is 20.4. The second kappa shape index (κ2) is 7.84. The molecule has 4 aromatic rings. The molecule has 0 fully saturated rings. The molecular weight excluding hydrogens is 395 g/mol. The van der Waals surface area contributed by atoms with Crippen molar-refractivity contribution in [3.63, 3.8) is 0 Å². The minimum atomic E-state index is -0.603. The van der Waals surface area contributed by atoms with Crippen molar-refractivity contribution < 1.29 is 9.18 Å². The van der Waals surface area contributed by atoms with Crippen molar-refractivity contribution in [3.8, 4) is 5.69 Å². The number of benzene rings is 1. The lowest BCUT2D eigenvalue weighted by atomic mass is 10.1. The van der Waals surface area contributed by atoms with E-state index in [9.17, 15) is 9.18 Å². The molecule has 0 radical (unpaired) electrons. The van der Waals surface area contributed by atoms with E-state index in [4.69, 9.17) is 11.6 Å². The Kier molecular flexibility index (Phi) is 5.09. The maximum absolute atomic E-state index is 13.5. The van der Waals surface area contributed by atoms with Crippen molar-refractivity contribution in [1.82, 2.24) is 25.1 Å². The quantitative estimate of drug-likeness (QED) is 0.485. The van der Waals surface area contributed by atoms with E-state index in [2.05, 4.69) is 25.7 Å². The normalized spacial score (nSPS) is 12.0. The van der Waals surface area contributed by atoms with Gasteiger partial charge in [-0.2, -0.15) is 9.49 Å². The lowest BCUT2D eigenvalue weighted by molar-refractivity contribution is 0.249. The Morgan fingerprint density at radius 2 is 1.93 bits per heavy atom. The fourth-order valence-corrected chi connectivity index (χ4v) is 3.03. The molecule has 29 heavy (non-hydrogen) atoms. The van der Waals surface area contributed by atoms with Crippen LogP contribution >= 0.6 is 11.6 Å². The maximum Gasteiger partial charge on any atom is 0.320 e. The summed E-state index contributed by atoms with van der Waals surface area (Å²) in [7, 11) is 0. The number of hydrogen-bond acceptors (Lipinski definition) is 4. The van der Waals surface area contributed by atoms with Crippen molar-refractivity contribution in [1.29, 1.82) is 0 Å². The van der Waals surface area contributed by atoms with Gasteiger partial charge in [-0.15, -0.1) is 0 Å². The first-order valence-electron chi connectivity index (χ1n) is 8.78. The molecule has 0 unspecified atom stereocenters. The third kappa shape index (κ3) is 4.17. The molecule has 146 valence electrons. The number of nitrogens with zero attached hydrogens (tertiary/aromatic N) is 4. The SMILES string of the molecule is C[C@@H](NC(=O)Nc1cc2c(cn1)cnn2-c1ccnc(F)c1)c1ccc(Cl)cc1. The number of pyridine rings is 2. The number of anilines is 1. The molecule has 7 nitrogen and oxygen atoms in total. The van der Waals surface area contributed by atoms with Crippen molar-refractivity contribution in [2.75, 3.05) is 5.32 Å². The van der Waals surface area contributed by atoms with Gasteiger partial charge in [0.2, 0.25) is 5.95 Å². The van der Waals surface area contributed by atoms with Gasteiger partial charge in [0, 0.05) is 34.9 Å². The summed E-state index contributed by atoms with van der Waals surface area (Å²) in [4.78, 5) is 20.2. The van der Waals surface area contributed by atoms with Crippen LogP contribution in [0.2, 0.25) is 5.02 Å². The van der Waals surface area contributed by atoms with E-state index in [1.54, 1.807) is 41.3 Å². The number of carbonyl (C=O) groups excluding carboxylic acids is 1. The van der Waals surface area contributed by atoms with Crippen molar-refractivity contribution in [2.24, 2.45) is 0 Å². The van der Waals surface area contributed by atoms with Crippen molar-refractivity contribution in [2.45, 2.75) is 13.0 Å². The summed E-state index contributed by atoms with van der Waals surface area (Å²) in [5.41, 5.74) is 2.11. The largest absolute Gasteiger partial charge is 0.331 e. The predicted octanol–water partition coefficient (Wildman–Crippen LogP) is 4.49. The van der Waals surface area contributed by atoms with Gasteiger partial charge < -0.3 is 5.32 Å². The van der Waals surface area contributed by atoms with Gasteiger partial charge in [-0.25, -0.2) is 19.4 Å². The molecule has 3 aromatic heterocycles.